The highest BCUT2D eigenvalue weighted by Gasteiger charge is 2.28. The molecule has 1 aliphatic rings. The third-order valence-electron chi connectivity index (χ3n) is 4.26. The van der Waals surface area contributed by atoms with Gasteiger partial charge in [0, 0.05) is 31.0 Å². The molecule has 3 N–H and O–H groups in total. The SMILES string of the molecule is COc1ccc(-c2cnc(CCC(=O)NCC(N)C3CC3)o2)cc1. The molecular weight excluding hydrogens is 306 g/mol. The van der Waals surface area contributed by atoms with Crippen molar-refractivity contribution in [3.8, 4) is 17.1 Å². The number of hydrogen-bond donors (Lipinski definition) is 2. The van der Waals surface area contributed by atoms with Crippen LogP contribution in [0, 0.1) is 5.92 Å². The Kier molecular flexibility index (Phi) is 5.15. The lowest BCUT2D eigenvalue weighted by atomic mass is 10.2. The lowest BCUT2D eigenvalue weighted by Crippen LogP contribution is -2.38. The van der Waals surface area contributed by atoms with Crippen molar-refractivity contribution in [1.29, 1.82) is 0 Å². The lowest BCUT2D eigenvalue weighted by molar-refractivity contribution is -0.121. The smallest absolute Gasteiger partial charge is 0.220 e. The van der Waals surface area contributed by atoms with E-state index in [1.165, 1.54) is 12.8 Å². The van der Waals surface area contributed by atoms with E-state index in [4.69, 9.17) is 14.9 Å². The summed E-state index contributed by atoms with van der Waals surface area (Å²) in [5.74, 6) is 2.60. The van der Waals surface area contributed by atoms with E-state index in [1.807, 2.05) is 24.3 Å². The van der Waals surface area contributed by atoms with Gasteiger partial charge >= 0.3 is 0 Å². The van der Waals surface area contributed by atoms with Crippen LogP contribution in [0.1, 0.15) is 25.2 Å². The highest BCUT2D eigenvalue weighted by Crippen LogP contribution is 2.31. The molecule has 1 saturated carbocycles. The van der Waals surface area contributed by atoms with Gasteiger partial charge in [0.2, 0.25) is 5.91 Å². The summed E-state index contributed by atoms with van der Waals surface area (Å²) in [6.07, 6.45) is 4.86. The topological polar surface area (TPSA) is 90.4 Å². The van der Waals surface area contributed by atoms with Gasteiger partial charge in [-0.1, -0.05) is 0 Å². The van der Waals surface area contributed by atoms with Crippen molar-refractivity contribution >= 4 is 5.91 Å². The van der Waals surface area contributed by atoms with Crippen LogP contribution in [0.4, 0.5) is 0 Å². The number of rotatable bonds is 8. The van der Waals surface area contributed by atoms with Gasteiger partial charge in [0.05, 0.1) is 13.3 Å². The number of hydrogen-bond acceptors (Lipinski definition) is 5. The minimum Gasteiger partial charge on any atom is -0.497 e. The molecule has 24 heavy (non-hydrogen) atoms. The number of nitrogens with one attached hydrogen (secondary N) is 1. The average molecular weight is 329 g/mol. The van der Waals surface area contributed by atoms with Crippen molar-refractivity contribution in [2.45, 2.75) is 31.7 Å². The van der Waals surface area contributed by atoms with E-state index in [0.29, 0.717) is 37.0 Å². The number of nitrogens with zero attached hydrogens (tertiary/aromatic N) is 1. The zero-order chi connectivity index (χ0) is 16.9. The minimum absolute atomic E-state index is 0.0182. The monoisotopic (exact) mass is 329 g/mol. The van der Waals surface area contributed by atoms with Gasteiger partial charge in [-0.15, -0.1) is 0 Å². The predicted molar refractivity (Wildman–Crippen MR) is 90.5 cm³/mol. The third-order valence-corrected chi connectivity index (χ3v) is 4.26. The van der Waals surface area contributed by atoms with Gasteiger partial charge in [-0.25, -0.2) is 4.98 Å². The molecule has 6 nitrogen and oxygen atoms in total. The number of amides is 1. The summed E-state index contributed by atoms with van der Waals surface area (Å²) in [7, 11) is 1.63. The van der Waals surface area contributed by atoms with Crippen molar-refractivity contribution in [2.75, 3.05) is 13.7 Å². The summed E-state index contributed by atoms with van der Waals surface area (Å²) in [5, 5.41) is 2.88. The van der Waals surface area contributed by atoms with Crippen LogP contribution in [-0.4, -0.2) is 30.6 Å². The van der Waals surface area contributed by atoms with Gasteiger partial charge in [-0.3, -0.25) is 4.79 Å². The molecule has 0 bridgehead atoms. The number of aryl methyl sites for hydroxylation is 1. The molecule has 1 heterocycles. The molecule has 128 valence electrons. The number of carbonyl (C=O) groups excluding carboxylic acids is 1. The van der Waals surface area contributed by atoms with Crippen LogP contribution in [0.5, 0.6) is 5.75 Å². The Labute approximate surface area is 141 Å². The zero-order valence-electron chi connectivity index (χ0n) is 13.8. The molecule has 0 aliphatic heterocycles. The summed E-state index contributed by atoms with van der Waals surface area (Å²) in [6.45, 7) is 0.548. The zero-order valence-corrected chi connectivity index (χ0v) is 13.8. The number of ether oxygens (including phenoxy) is 1. The minimum atomic E-state index is -0.0182. The maximum atomic E-state index is 11.9. The highest BCUT2D eigenvalue weighted by molar-refractivity contribution is 5.76. The summed E-state index contributed by atoms with van der Waals surface area (Å²) in [4.78, 5) is 16.1. The van der Waals surface area contributed by atoms with Crippen LogP contribution in [0.3, 0.4) is 0 Å². The Bertz CT molecular complexity index is 677. The fourth-order valence-electron chi connectivity index (χ4n) is 2.55. The van der Waals surface area contributed by atoms with Gasteiger partial charge in [0.1, 0.15) is 5.75 Å². The second-order valence-electron chi connectivity index (χ2n) is 6.15. The largest absolute Gasteiger partial charge is 0.497 e. The molecule has 1 aromatic heterocycles. The van der Waals surface area contributed by atoms with Gasteiger partial charge in [0.15, 0.2) is 11.7 Å². The van der Waals surface area contributed by atoms with E-state index < -0.39 is 0 Å². The summed E-state index contributed by atoms with van der Waals surface area (Å²) >= 11 is 0. The Morgan fingerprint density at radius 2 is 2.17 bits per heavy atom. The fraction of sp³-hybridized carbons (Fsp3) is 0.444. The first-order valence-corrected chi connectivity index (χ1v) is 8.27. The maximum Gasteiger partial charge on any atom is 0.220 e. The molecule has 3 rings (SSSR count). The average Bonchev–Trinajstić information content (AvgIpc) is 3.36. The first kappa shape index (κ1) is 16.5. The van der Waals surface area contributed by atoms with E-state index in [0.717, 1.165) is 11.3 Å². The number of methoxy groups -OCH3 is 1. The van der Waals surface area contributed by atoms with Crippen molar-refractivity contribution in [1.82, 2.24) is 10.3 Å². The Morgan fingerprint density at radius 1 is 1.42 bits per heavy atom. The van der Waals surface area contributed by atoms with Crippen LogP contribution in [-0.2, 0) is 11.2 Å². The molecule has 0 spiro atoms. The molecule has 1 aromatic carbocycles. The fourth-order valence-corrected chi connectivity index (χ4v) is 2.55. The van der Waals surface area contributed by atoms with Crippen LogP contribution in [0.15, 0.2) is 34.9 Å². The van der Waals surface area contributed by atoms with Crippen LogP contribution in [0.25, 0.3) is 11.3 Å². The van der Waals surface area contributed by atoms with Crippen molar-refractivity contribution in [2.24, 2.45) is 11.7 Å². The normalized spacial score (nSPS) is 15.1. The van der Waals surface area contributed by atoms with Gasteiger partial charge in [-0.2, -0.15) is 0 Å². The van der Waals surface area contributed by atoms with Gasteiger partial charge in [-0.05, 0) is 43.0 Å². The quantitative estimate of drug-likeness (QED) is 0.774. The first-order valence-electron chi connectivity index (χ1n) is 8.27. The molecule has 2 aromatic rings. The van der Waals surface area contributed by atoms with Crippen molar-refractivity contribution in [3.05, 3.63) is 36.4 Å². The van der Waals surface area contributed by atoms with E-state index in [1.54, 1.807) is 13.3 Å². The standard InChI is InChI=1S/C18H23N3O3/c1-23-14-6-4-13(5-7-14)16-11-21-18(24-16)9-8-17(22)20-10-15(19)12-2-3-12/h4-7,11-12,15H,2-3,8-10,19H2,1H3,(H,20,22). The van der Waals surface area contributed by atoms with Crippen LogP contribution >= 0.6 is 0 Å². The summed E-state index contributed by atoms with van der Waals surface area (Å²) in [5.41, 5.74) is 6.89. The Morgan fingerprint density at radius 3 is 2.83 bits per heavy atom. The highest BCUT2D eigenvalue weighted by atomic mass is 16.5. The van der Waals surface area contributed by atoms with Crippen LogP contribution < -0.4 is 15.8 Å². The summed E-state index contributed by atoms with van der Waals surface area (Å²) in [6, 6.07) is 7.64. The Balaban J connectivity index is 1.47. The summed E-state index contributed by atoms with van der Waals surface area (Å²) < 4.78 is 10.8. The lowest BCUT2D eigenvalue weighted by Gasteiger charge is -2.10. The number of carbonyl (C=O) groups is 1. The number of aromatic nitrogens is 1. The third kappa shape index (κ3) is 4.35. The molecule has 1 fully saturated rings. The molecule has 0 saturated heterocycles. The van der Waals surface area contributed by atoms with Crippen molar-refractivity contribution in [3.63, 3.8) is 0 Å². The second-order valence-corrected chi connectivity index (χ2v) is 6.15. The number of oxazole rings is 1. The predicted octanol–water partition coefficient (Wildman–Crippen LogP) is 2.14. The number of nitrogens with two attached hydrogens (primary N) is 1. The van der Waals surface area contributed by atoms with E-state index in [9.17, 15) is 4.79 Å². The maximum absolute atomic E-state index is 11.9. The van der Waals surface area contributed by atoms with E-state index >= 15 is 0 Å². The van der Waals surface area contributed by atoms with Gasteiger partial charge in [0.25, 0.3) is 0 Å². The molecule has 1 amide bonds. The van der Waals surface area contributed by atoms with Crippen molar-refractivity contribution < 1.29 is 13.9 Å². The van der Waals surface area contributed by atoms with Crippen LogP contribution in [0.2, 0.25) is 0 Å². The first-order chi connectivity index (χ1) is 11.7. The van der Waals surface area contributed by atoms with E-state index in [-0.39, 0.29) is 11.9 Å². The number of benzene rings is 1. The van der Waals surface area contributed by atoms with Gasteiger partial charge < -0.3 is 20.2 Å². The molecule has 1 unspecified atom stereocenters. The molecule has 0 radical (unpaired) electrons. The molecule has 6 heteroatoms. The second kappa shape index (κ2) is 7.49. The van der Waals surface area contributed by atoms with E-state index in [2.05, 4.69) is 10.3 Å². The molecule has 1 aliphatic carbocycles. The molecule has 1 atom stereocenters. The Hall–Kier alpha value is -2.34. The molecular formula is C18H23N3O3.